The number of para-hydroxylation sites is 1. The van der Waals surface area contributed by atoms with Gasteiger partial charge >= 0.3 is 0 Å². The van der Waals surface area contributed by atoms with E-state index in [4.69, 9.17) is 10.5 Å². The smallest absolute Gasteiger partial charge is 0.221 e. The molecule has 1 saturated carbocycles. The summed E-state index contributed by atoms with van der Waals surface area (Å²) in [5.74, 6) is 0.988. The molecule has 0 saturated heterocycles. The van der Waals surface area contributed by atoms with Crippen LogP contribution in [0.3, 0.4) is 0 Å². The van der Waals surface area contributed by atoms with E-state index in [1.807, 2.05) is 24.3 Å². The molecule has 5 heteroatoms. The average Bonchev–Trinajstić information content (AvgIpc) is 2.91. The van der Waals surface area contributed by atoms with Crippen molar-refractivity contribution in [2.24, 2.45) is 11.1 Å². The fraction of sp³-hybridized carbons (Fsp3) is 0.588. The van der Waals surface area contributed by atoms with Crippen molar-refractivity contribution in [1.82, 2.24) is 5.32 Å². The minimum absolute atomic E-state index is 0. The van der Waals surface area contributed by atoms with Gasteiger partial charge in [-0.1, -0.05) is 37.5 Å². The number of amides is 1. The van der Waals surface area contributed by atoms with E-state index in [9.17, 15) is 4.79 Å². The number of benzene rings is 1. The van der Waals surface area contributed by atoms with E-state index in [0.29, 0.717) is 19.6 Å². The topological polar surface area (TPSA) is 64.4 Å². The average molecular weight is 325 g/mol. The highest BCUT2D eigenvalue weighted by molar-refractivity contribution is 5.85. The van der Waals surface area contributed by atoms with E-state index in [1.165, 1.54) is 19.3 Å². The number of nitrogens with two attached hydrogens (primary N) is 1. The Hall–Kier alpha value is -1.26. The third-order valence-corrected chi connectivity index (χ3v) is 4.92. The van der Waals surface area contributed by atoms with Crippen LogP contribution in [-0.4, -0.2) is 19.1 Å². The Balaban J connectivity index is 0.00000176. The van der Waals surface area contributed by atoms with E-state index in [-0.39, 0.29) is 29.8 Å². The molecule has 3 N–H and O–H groups in total. The molecule has 0 spiro atoms. The molecular weight excluding hydrogens is 300 g/mol. The lowest BCUT2D eigenvalue weighted by atomic mass is 9.71. The van der Waals surface area contributed by atoms with E-state index < -0.39 is 0 Å². The summed E-state index contributed by atoms with van der Waals surface area (Å²) in [5.41, 5.74) is 7.06. The summed E-state index contributed by atoms with van der Waals surface area (Å²) in [7, 11) is 0. The van der Waals surface area contributed by atoms with Crippen LogP contribution in [0.25, 0.3) is 0 Å². The van der Waals surface area contributed by atoms with Crippen LogP contribution in [-0.2, 0) is 4.79 Å². The van der Waals surface area contributed by atoms with Crippen molar-refractivity contribution in [3.63, 3.8) is 0 Å². The highest BCUT2D eigenvalue weighted by Crippen LogP contribution is 2.39. The zero-order valence-electron chi connectivity index (χ0n) is 12.8. The van der Waals surface area contributed by atoms with Crippen LogP contribution < -0.4 is 15.8 Å². The van der Waals surface area contributed by atoms with Crippen molar-refractivity contribution in [2.45, 2.75) is 44.6 Å². The van der Waals surface area contributed by atoms with Gasteiger partial charge in [0.1, 0.15) is 12.4 Å². The first-order valence-corrected chi connectivity index (χ1v) is 7.94. The van der Waals surface area contributed by atoms with Crippen LogP contribution >= 0.6 is 12.4 Å². The first-order valence-electron chi connectivity index (χ1n) is 7.94. The second-order valence-electron chi connectivity index (χ2n) is 6.41. The molecule has 122 valence electrons. The van der Waals surface area contributed by atoms with E-state index in [1.54, 1.807) is 0 Å². The van der Waals surface area contributed by atoms with Gasteiger partial charge in [-0.15, -0.1) is 12.4 Å². The molecule has 2 aliphatic rings. The SMILES string of the molecule is Cl.NCC1(CC(=O)NC2COc3ccccc32)CCCCC1. The van der Waals surface area contributed by atoms with Crippen molar-refractivity contribution in [2.75, 3.05) is 13.2 Å². The standard InChI is InChI=1S/C17H24N2O2.ClH/c18-12-17(8-4-1-5-9-17)10-16(20)19-14-11-21-15-7-3-2-6-13(14)15;/h2-3,6-7,14H,1,4-5,8-12,18H2,(H,19,20);1H. The second kappa shape index (κ2) is 7.34. The predicted octanol–water partition coefficient (Wildman–Crippen LogP) is 2.96. The maximum absolute atomic E-state index is 12.4. The number of carbonyl (C=O) groups is 1. The number of hydrogen-bond donors (Lipinski definition) is 2. The Kier molecular flexibility index (Phi) is 5.70. The number of rotatable bonds is 4. The molecule has 4 nitrogen and oxygen atoms in total. The van der Waals surface area contributed by atoms with Crippen molar-refractivity contribution in [3.8, 4) is 5.75 Å². The Morgan fingerprint density at radius 2 is 2.00 bits per heavy atom. The minimum atomic E-state index is -0.0212. The molecule has 3 rings (SSSR count). The molecular formula is C17H25ClN2O2. The number of nitrogens with one attached hydrogen (secondary N) is 1. The molecule has 1 aromatic carbocycles. The molecule has 1 unspecified atom stereocenters. The van der Waals surface area contributed by atoms with Crippen LogP contribution in [0.4, 0.5) is 0 Å². The van der Waals surface area contributed by atoms with Gasteiger partial charge in [0, 0.05) is 12.0 Å². The fourth-order valence-corrected chi connectivity index (χ4v) is 3.62. The van der Waals surface area contributed by atoms with E-state index in [2.05, 4.69) is 5.32 Å². The molecule has 0 radical (unpaired) electrons. The maximum Gasteiger partial charge on any atom is 0.221 e. The summed E-state index contributed by atoms with van der Waals surface area (Å²) in [5, 5.41) is 3.12. The molecule has 1 amide bonds. The van der Waals surface area contributed by atoms with Crippen molar-refractivity contribution < 1.29 is 9.53 Å². The second-order valence-corrected chi connectivity index (χ2v) is 6.41. The van der Waals surface area contributed by atoms with Gasteiger partial charge in [-0.3, -0.25) is 4.79 Å². The van der Waals surface area contributed by atoms with Crippen molar-refractivity contribution >= 4 is 18.3 Å². The third-order valence-electron chi connectivity index (χ3n) is 4.92. The lowest BCUT2D eigenvalue weighted by Gasteiger charge is -2.35. The minimum Gasteiger partial charge on any atom is -0.491 e. The highest BCUT2D eigenvalue weighted by atomic mass is 35.5. The lowest BCUT2D eigenvalue weighted by Crippen LogP contribution is -2.39. The summed E-state index contributed by atoms with van der Waals surface area (Å²) < 4.78 is 5.61. The zero-order chi connectivity index (χ0) is 14.7. The Morgan fingerprint density at radius 1 is 1.27 bits per heavy atom. The van der Waals surface area contributed by atoms with E-state index >= 15 is 0 Å². The van der Waals surface area contributed by atoms with E-state index in [0.717, 1.165) is 24.2 Å². The van der Waals surface area contributed by atoms with Gasteiger partial charge in [-0.25, -0.2) is 0 Å². The van der Waals surface area contributed by atoms with Crippen LogP contribution in [0.5, 0.6) is 5.75 Å². The number of carbonyl (C=O) groups excluding carboxylic acids is 1. The van der Waals surface area contributed by atoms with Gasteiger partial charge in [0.15, 0.2) is 0 Å². The summed E-state index contributed by atoms with van der Waals surface area (Å²) in [4.78, 5) is 12.4. The fourth-order valence-electron chi connectivity index (χ4n) is 3.62. The van der Waals surface area contributed by atoms with Gasteiger partial charge in [0.25, 0.3) is 0 Å². The van der Waals surface area contributed by atoms with Crippen molar-refractivity contribution in [3.05, 3.63) is 29.8 Å². The summed E-state index contributed by atoms with van der Waals surface area (Å²) in [6, 6.07) is 7.88. The molecule has 22 heavy (non-hydrogen) atoms. The van der Waals surface area contributed by atoms with Crippen LogP contribution in [0.2, 0.25) is 0 Å². The van der Waals surface area contributed by atoms with Crippen LogP contribution in [0, 0.1) is 5.41 Å². The van der Waals surface area contributed by atoms with Gasteiger partial charge in [0.2, 0.25) is 5.91 Å². The number of halogens is 1. The molecule has 1 aliphatic heterocycles. The highest BCUT2D eigenvalue weighted by Gasteiger charge is 2.34. The van der Waals surface area contributed by atoms with Crippen LogP contribution in [0.1, 0.15) is 50.1 Å². The monoisotopic (exact) mass is 324 g/mol. The largest absolute Gasteiger partial charge is 0.491 e. The molecule has 0 bridgehead atoms. The van der Waals surface area contributed by atoms with Gasteiger partial charge < -0.3 is 15.8 Å². The Morgan fingerprint density at radius 3 is 2.73 bits per heavy atom. The van der Waals surface area contributed by atoms with Gasteiger partial charge in [-0.2, -0.15) is 0 Å². The molecule has 0 aromatic heterocycles. The predicted molar refractivity (Wildman–Crippen MR) is 89.3 cm³/mol. The molecule has 1 heterocycles. The quantitative estimate of drug-likeness (QED) is 0.895. The van der Waals surface area contributed by atoms with Crippen molar-refractivity contribution in [1.29, 1.82) is 0 Å². The molecule has 1 aromatic rings. The zero-order valence-corrected chi connectivity index (χ0v) is 13.7. The lowest BCUT2D eigenvalue weighted by molar-refractivity contribution is -0.124. The molecule has 1 aliphatic carbocycles. The summed E-state index contributed by atoms with van der Waals surface area (Å²) in [6.07, 6.45) is 6.36. The summed E-state index contributed by atoms with van der Waals surface area (Å²) in [6.45, 7) is 1.14. The summed E-state index contributed by atoms with van der Waals surface area (Å²) >= 11 is 0. The normalized spacial score (nSPS) is 22.1. The number of fused-ring (bicyclic) bond motifs is 1. The maximum atomic E-state index is 12.4. The Bertz CT molecular complexity index is 515. The first-order chi connectivity index (χ1) is 10.2. The first kappa shape index (κ1) is 17.1. The van der Waals surface area contributed by atoms with Gasteiger partial charge in [0.05, 0.1) is 6.04 Å². The molecule has 1 fully saturated rings. The number of ether oxygens (including phenoxy) is 1. The van der Waals surface area contributed by atoms with Crippen LogP contribution in [0.15, 0.2) is 24.3 Å². The Labute approximate surface area is 138 Å². The number of hydrogen-bond acceptors (Lipinski definition) is 3. The third kappa shape index (κ3) is 3.55. The van der Waals surface area contributed by atoms with Gasteiger partial charge in [-0.05, 0) is 30.9 Å². The molecule has 1 atom stereocenters.